The first kappa shape index (κ1) is 18.7. The number of carbonyl (C=O) groups is 1. The third-order valence-electron chi connectivity index (χ3n) is 4.12. The lowest BCUT2D eigenvalue weighted by Gasteiger charge is -2.30. The van der Waals surface area contributed by atoms with Crippen molar-refractivity contribution in [3.05, 3.63) is 23.9 Å². The number of ether oxygens (including phenoxy) is 1. The fraction of sp³-hybridized carbons (Fsp3) is 0.684. The molecular weight excluding hydrogens is 302 g/mol. The molecule has 5 nitrogen and oxygen atoms in total. The van der Waals surface area contributed by atoms with E-state index in [4.69, 9.17) is 4.74 Å². The number of amides is 1. The number of hydrogen-bond acceptors (Lipinski definition) is 4. The summed E-state index contributed by atoms with van der Waals surface area (Å²) in [6.07, 6.45) is 3.66. The average molecular weight is 333 g/mol. The molecule has 0 radical (unpaired) electrons. The van der Waals surface area contributed by atoms with Crippen LogP contribution < -0.4 is 4.90 Å². The predicted octanol–water partition coefficient (Wildman–Crippen LogP) is 4.25. The van der Waals surface area contributed by atoms with E-state index in [0.717, 1.165) is 25.1 Å². The van der Waals surface area contributed by atoms with Crippen LogP contribution in [0.1, 0.15) is 59.1 Å². The van der Waals surface area contributed by atoms with E-state index in [1.807, 2.05) is 26.8 Å². The van der Waals surface area contributed by atoms with Crippen LogP contribution in [0.5, 0.6) is 0 Å². The Morgan fingerprint density at radius 2 is 2.17 bits per heavy atom. The number of hydrogen-bond donors (Lipinski definition) is 0. The van der Waals surface area contributed by atoms with E-state index >= 15 is 0 Å². The number of aromatic nitrogens is 1. The second-order valence-electron chi connectivity index (χ2n) is 8.00. The molecule has 24 heavy (non-hydrogen) atoms. The highest BCUT2D eigenvalue weighted by Gasteiger charge is 2.31. The van der Waals surface area contributed by atoms with Crippen LogP contribution in [0.4, 0.5) is 10.6 Å². The molecule has 0 bridgehead atoms. The van der Waals surface area contributed by atoms with Crippen LogP contribution in [-0.2, 0) is 4.74 Å². The highest BCUT2D eigenvalue weighted by Crippen LogP contribution is 2.36. The molecular formula is C19H31N3O2. The van der Waals surface area contributed by atoms with Gasteiger partial charge in [0.05, 0.1) is 0 Å². The second kappa shape index (κ2) is 7.51. The molecule has 1 fully saturated rings. The van der Waals surface area contributed by atoms with Crippen LogP contribution in [0.15, 0.2) is 18.3 Å². The van der Waals surface area contributed by atoms with Crippen molar-refractivity contribution in [3.63, 3.8) is 0 Å². The van der Waals surface area contributed by atoms with Gasteiger partial charge in [0.25, 0.3) is 0 Å². The number of pyridine rings is 1. The smallest absolute Gasteiger partial charge is 0.415 e. The molecule has 1 aliphatic rings. The summed E-state index contributed by atoms with van der Waals surface area (Å²) in [5.41, 5.74) is 0.598. The molecule has 0 unspecified atom stereocenters. The first-order chi connectivity index (χ1) is 11.2. The summed E-state index contributed by atoms with van der Waals surface area (Å²) >= 11 is 0. The second-order valence-corrected chi connectivity index (χ2v) is 8.00. The van der Waals surface area contributed by atoms with Gasteiger partial charge in [-0.2, -0.15) is 0 Å². The molecule has 1 aromatic rings. The fourth-order valence-corrected chi connectivity index (χ4v) is 3.23. The molecule has 0 aliphatic carbocycles. The molecule has 1 aliphatic heterocycles. The van der Waals surface area contributed by atoms with Crippen LogP contribution in [0, 0.1) is 5.92 Å². The van der Waals surface area contributed by atoms with Gasteiger partial charge in [-0.3, -0.25) is 9.80 Å². The molecule has 2 heterocycles. The third kappa shape index (κ3) is 4.69. The van der Waals surface area contributed by atoms with Gasteiger partial charge in [0.15, 0.2) is 0 Å². The summed E-state index contributed by atoms with van der Waals surface area (Å²) in [6.45, 7) is 12.3. The lowest BCUT2D eigenvalue weighted by atomic mass is 10.0. The average Bonchev–Trinajstić information content (AvgIpc) is 2.91. The van der Waals surface area contributed by atoms with Gasteiger partial charge in [-0.05, 0) is 52.1 Å². The first-order valence-corrected chi connectivity index (χ1v) is 8.84. The summed E-state index contributed by atoms with van der Waals surface area (Å²) in [6, 6.07) is 4.36. The van der Waals surface area contributed by atoms with Gasteiger partial charge in [-0.1, -0.05) is 19.9 Å². The summed E-state index contributed by atoms with van der Waals surface area (Å²) < 4.78 is 5.50. The van der Waals surface area contributed by atoms with E-state index in [9.17, 15) is 4.79 Å². The maximum absolute atomic E-state index is 12.4. The minimum absolute atomic E-state index is 0.320. The Balaban J connectivity index is 2.25. The quantitative estimate of drug-likeness (QED) is 0.826. The molecule has 2 rings (SSSR count). The van der Waals surface area contributed by atoms with Crippen molar-refractivity contribution in [2.75, 3.05) is 25.0 Å². The van der Waals surface area contributed by atoms with Crippen LogP contribution in [-0.4, -0.2) is 41.7 Å². The Bertz CT molecular complexity index is 566. The van der Waals surface area contributed by atoms with Gasteiger partial charge < -0.3 is 4.74 Å². The molecule has 1 amide bonds. The topological polar surface area (TPSA) is 45.7 Å². The zero-order valence-corrected chi connectivity index (χ0v) is 15.9. The van der Waals surface area contributed by atoms with Gasteiger partial charge >= 0.3 is 6.09 Å². The SMILES string of the molecule is CC(C)CN1CCC[C@@H]1c1cccnc1N(C)C(=O)OC(C)(C)C. The summed E-state index contributed by atoms with van der Waals surface area (Å²) in [4.78, 5) is 21.0. The van der Waals surface area contributed by atoms with E-state index in [1.54, 1.807) is 13.2 Å². The number of nitrogens with zero attached hydrogens (tertiary/aromatic N) is 3. The normalized spacial score (nSPS) is 18.9. The van der Waals surface area contributed by atoms with Crippen LogP contribution in [0.3, 0.4) is 0 Å². The molecule has 0 aromatic carbocycles. The van der Waals surface area contributed by atoms with E-state index < -0.39 is 5.60 Å². The van der Waals surface area contributed by atoms with Crippen LogP contribution >= 0.6 is 0 Å². The molecule has 134 valence electrons. The van der Waals surface area contributed by atoms with Crippen molar-refractivity contribution < 1.29 is 9.53 Å². The lowest BCUT2D eigenvalue weighted by Crippen LogP contribution is -2.36. The molecule has 0 saturated carbocycles. The summed E-state index contributed by atoms with van der Waals surface area (Å²) in [5, 5.41) is 0. The van der Waals surface area contributed by atoms with Crippen molar-refractivity contribution in [3.8, 4) is 0 Å². The molecule has 1 atom stereocenters. The van der Waals surface area contributed by atoms with E-state index in [1.165, 1.54) is 11.3 Å². The largest absolute Gasteiger partial charge is 0.443 e. The molecule has 0 N–H and O–H groups in total. The Morgan fingerprint density at radius 3 is 2.79 bits per heavy atom. The third-order valence-corrected chi connectivity index (χ3v) is 4.12. The summed E-state index contributed by atoms with van der Waals surface area (Å²) in [5.74, 6) is 1.32. The zero-order valence-electron chi connectivity index (χ0n) is 15.9. The van der Waals surface area contributed by atoms with E-state index in [0.29, 0.717) is 17.8 Å². The van der Waals surface area contributed by atoms with Crippen molar-refractivity contribution >= 4 is 11.9 Å². The number of carbonyl (C=O) groups excluding carboxylic acids is 1. The fourth-order valence-electron chi connectivity index (χ4n) is 3.23. The van der Waals surface area contributed by atoms with Crippen molar-refractivity contribution in [2.45, 2.75) is 59.1 Å². The minimum atomic E-state index is -0.517. The Hall–Kier alpha value is -1.62. The van der Waals surface area contributed by atoms with Crippen LogP contribution in [0.25, 0.3) is 0 Å². The monoisotopic (exact) mass is 333 g/mol. The Labute approximate surface area is 146 Å². The van der Waals surface area contributed by atoms with Crippen LogP contribution in [0.2, 0.25) is 0 Å². The van der Waals surface area contributed by atoms with Crippen molar-refractivity contribution in [1.82, 2.24) is 9.88 Å². The number of anilines is 1. The highest BCUT2D eigenvalue weighted by atomic mass is 16.6. The van der Waals surface area contributed by atoms with E-state index in [2.05, 4.69) is 29.8 Å². The minimum Gasteiger partial charge on any atom is -0.443 e. The molecule has 1 saturated heterocycles. The van der Waals surface area contributed by atoms with Crippen molar-refractivity contribution in [1.29, 1.82) is 0 Å². The van der Waals surface area contributed by atoms with Gasteiger partial charge in [0, 0.05) is 31.4 Å². The zero-order chi connectivity index (χ0) is 17.9. The molecule has 1 aromatic heterocycles. The van der Waals surface area contributed by atoms with E-state index in [-0.39, 0.29) is 6.09 Å². The van der Waals surface area contributed by atoms with Gasteiger partial charge in [-0.15, -0.1) is 0 Å². The standard InChI is InChI=1S/C19H31N3O2/c1-14(2)13-22-12-8-10-16(22)15-9-7-11-20-17(15)21(6)18(23)24-19(3,4)5/h7,9,11,14,16H,8,10,12-13H2,1-6H3/t16-/m1/s1. The Morgan fingerprint density at radius 1 is 1.46 bits per heavy atom. The molecule has 5 heteroatoms. The van der Waals surface area contributed by atoms with Gasteiger partial charge in [0.1, 0.15) is 11.4 Å². The van der Waals surface area contributed by atoms with Gasteiger partial charge in [-0.25, -0.2) is 9.78 Å². The maximum Gasteiger partial charge on any atom is 0.415 e. The number of rotatable bonds is 4. The summed E-state index contributed by atoms with van der Waals surface area (Å²) in [7, 11) is 1.74. The Kier molecular flexibility index (Phi) is 5.86. The first-order valence-electron chi connectivity index (χ1n) is 8.84. The molecule has 0 spiro atoms. The predicted molar refractivity (Wildman–Crippen MR) is 97.3 cm³/mol. The lowest BCUT2D eigenvalue weighted by molar-refractivity contribution is 0.0587. The number of likely N-dealkylation sites (tertiary alicyclic amines) is 1. The maximum atomic E-state index is 12.4. The van der Waals surface area contributed by atoms with Gasteiger partial charge in [0.2, 0.25) is 0 Å². The highest BCUT2D eigenvalue weighted by molar-refractivity contribution is 5.87. The van der Waals surface area contributed by atoms with Crippen molar-refractivity contribution in [2.24, 2.45) is 5.92 Å².